The largest absolute Gasteiger partial charge is 0.573 e. The highest BCUT2D eigenvalue weighted by Gasteiger charge is 2.39. The molecule has 0 saturated carbocycles. The van der Waals surface area contributed by atoms with Crippen molar-refractivity contribution >= 4 is 17.8 Å². The summed E-state index contributed by atoms with van der Waals surface area (Å²) >= 11 is 0. The minimum Gasteiger partial charge on any atom is -0.406 e. The van der Waals surface area contributed by atoms with Crippen LogP contribution in [0.3, 0.4) is 0 Å². The number of halogens is 3. The molecule has 2 saturated heterocycles. The van der Waals surface area contributed by atoms with Crippen molar-refractivity contribution in [3.8, 4) is 5.75 Å². The fourth-order valence-electron chi connectivity index (χ4n) is 4.59. The van der Waals surface area contributed by atoms with Crippen LogP contribution in [-0.2, 0) is 9.53 Å². The molecule has 0 spiro atoms. The minimum absolute atomic E-state index is 0.0521. The second-order valence-corrected chi connectivity index (χ2v) is 8.91. The van der Waals surface area contributed by atoms with Crippen LogP contribution in [0.4, 0.5) is 18.0 Å². The molecular formula is C25H27F3N4O5. The number of urea groups is 1. The molecule has 0 radical (unpaired) electrons. The summed E-state index contributed by atoms with van der Waals surface area (Å²) in [4.78, 5) is 42.5. The predicted molar refractivity (Wildman–Crippen MR) is 125 cm³/mol. The summed E-state index contributed by atoms with van der Waals surface area (Å²) < 4.78 is 46.9. The lowest BCUT2D eigenvalue weighted by Gasteiger charge is -2.41. The Kier molecular flexibility index (Phi) is 7.98. The van der Waals surface area contributed by atoms with E-state index in [1.165, 1.54) is 41.3 Å². The fraction of sp³-hybridized carbons (Fsp3) is 0.400. The number of rotatable bonds is 4. The lowest BCUT2D eigenvalue weighted by molar-refractivity contribution is -0.274. The summed E-state index contributed by atoms with van der Waals surface area (Å²) in [6.45, 7) is 1.89. The van der Waals surface area contributed by atoms with E-state index in [9.17, 15) is 27.6 Å². The van der Waals surface area contributed by atoms with Crippen LogP contribution in [0.2, 0.25) is 0 Å². The van der Waals surface area contributed by atoms with E-state index in [2.05, 4.69) is 4.74 Å². The monoisotopic (exact) mass is 520 g/mol. The molecule has 2 aliphatic heterocycles. The molecule has 4 rings (SSSR count). The Morgan fingerprint density at radius 3 is 2.22 bits per heavy atom. The van der Waals surface area contributed by atoms with Gasteiger partial charge in [-0.15, -0.1) is 13.2 Å². The molecule has 4 amide bonds. The number of carbonyl (C=O) groups excluding carboxylic acids is 3. The van der Waals surface area contributed by atoms with E-state index in [0.29, 0.717) is 36.9 Å². The van der Waals surface area contributed by atoms with Gasteiger partial charge in [0.15, 0.2) is 0 Å². The molecule has 2 aromatic carbocycles. The number of hydrazine groups is 1. The number of nitrogens with two attached hydrogens (primary N) is 1. The second kappa shape index (κ2) is 11.2. The topological polar surface area (TPSA) is 105 Å². The first-order valence-corrected chi connectivity index (χ1v) is 11.8. The smallest absolute Gasteiger partial charge is 0.406 e. The number of carbonyl (C=O) groups is 3. The van der Waals surface area contributed by atoms with Gasteiger partial charge in [0.2, 0.25) is 5.91 Å². The number of hydrogen-bond donors (Lipinski definition) is 1. The number of amides is 4. The molecule has 2 N–H and O–H groups in total. The van der Waals surface area contributed by atoms with Crippen LogP contribution in [0, 0.1) is 5.92 Å². The normalized spacial score (nSPS) is 20.3. The van der Waals surface area contributed by atoms with Gasteiger partial charge in [0.25, 0.3) is 5.91 Å². The van der Waals surface area contributed by atoms with Crippen molar-refractivity contribution in [2.45, 2.75) is 18.7 Å². The number of hydrogen-bond acceptors (Lipinski definition) is 6. The Hall–Kier alpha value is -3.64. The zero-order valence-electron chi connectivity index (χ0n) is 19.9. The van der Waals surface area contributed by atoms with Crippen LogP contribution < -0.4 is 10.6 Å². The quantitative estimate of drug-likeness (QED) is 0.288. The summed E-state index contributed by atoms with van der Waals surface area (Å²) in [5, 5.41) is 0.569. The maximum Gasteiger partial charge on any atom is 0.573 e. The van der Waals surface area contributed by atoms with Gasteiger partial charge in [-0.05, 0) is 36.2 Å². The van der Waals surface area contributed by atoms with E-state index in [1.54, 1.807) is 23.1 Å². The van der Waals surface area contributed by atoms with Gasteiger partial charge >= 0.3 is 12.4 Å². The Morgan fingerprint density at radius 2 is 1.59 bits per heavy atom. The third kappa shape index (κ3) is 6.57. The maximum absolute atomic E-state index is 13.3. The average molecular weight is 521 g/mol. The minimum atomic E-state index is -4.82. The van der Waals surface area contributed by atoms with Crippen LogP contribution in [0.25, 0.3) is 0 Å². The molecule has 2 aromatic rings. The van der Waals surface area contributed by atoms with Crippen molar-refractivity contribution in [3.05, 3.63) is 65.7 Å². The number of ether oxygens (including phenoxy) is 2. The van der Waals surface area contributed by atoms with Crippen molar-refractivity contribution in [2.24, 2.45) is 11.8 Å². The van der Waals surface area contributed by atoms with Crippen LogP contribution in [-0.4, -0.2) is 78.4 Å². The van der Waals surface area contributed by atoms with Gasteiger partial charge in [0, 0.05) is 37.7 Å². The molecule has 198 valence electrons. The van der Waals surface area contributed by atoms with Crippen molar-refractivity contribution in [3.63, 3.8) is 0 Å². The molecule has 2 aliphatic rings. The standard InChI is InChI=1S/C25H27F3N4O5/c26-25(27,28)37-21-8-6-17(7-9-21)19-14-20(16-31(15-19)24(35)30-10-12-36-13-11-30)23(34)32(29)22(33)18-4-2-1-3-5-18/h1-9,19-20H,10-16,29H2. The first-order valence-electron chi connectivity index (χ1n) is 11.8. The highest BCUT2D eigenvalue weighted by atomic mass is 19.4. The predicted octanol–water partition coefficient (Wildman–Crippen LogP) is 2.99. The second-order valence-electron chi connectivity index (χ2n) is 8.91. The fourth-order valence-corrected chi connectivity index (χ4v) is 4.59. The first-order chi connectivity index (χ1) is 17.6. The third-order valence-electron chi connectivity index (χ3n) is 6.41. The van der Waals surface area contributed by atoms with E-state index in [-0.39, 0.29) is 42.8 Å². The molecule has 0 aromatic heterocycles. The molecule has 2 unspecified atom stereocenters. The van der Waals surface area contributed by atoms with Crippen LogP contribution in [0.5, 0.6) is 5.75 Å². The lowest BCUT2D eigenvalue weighted by Crippen LogP contribution is -2.55. The number of imide groups is 1. The number of likely N-dealkylation sites (tertiary alicyclic amines) is 1. The number of piperidine rings is 1. The highest BCUT2D eigenvalue weighted by molar-refractivity contribution is 6.04. The molecule has 2 heterocycles. The zero-order chi connectivity index (χ0) is 26.6. The molecule has 12 heteroatoms. The van der Waals surface area contributed by atoms with Gasteiger partial charge in [-0.25, -0.2) is 15.6 Å². The van der Waals surface area contributed by atoms with Crippen molar-refractivity contribution in [2.75, 3.05) is 39.4 Å². The number of morpholine rings is 1. The van der Waals surface area contributed by atoms with E-state index < -0.39 is 24.1 Å². The summed E-state index contributed by atoms with van der Waals surface area (Å²) in [7, 11) is 0. The Labute approximate surface area is 211 Å². The summed E-state index contributed by atoms with van der Waals surface area (Å²) in [6, 6.07) is 13.2. The van der Waals surface area contributed by atoms with Crippen LogP contribution >= 0.6 is 0 Å². The van der Waals surface area contributed by atoms with E-state index >= 15 is 0 Å². The molecule has 37 heavy (non-hydrogen) atoms. The van der Waals surface area contributed by atoms with Gasteiger partial charge in [-0.1, -0.05) is 30.3 Å². The van der Waals surface area contributed by atoms with E-state index in [4.69, 9.17) is 10.6 Å². The number of alkyl halides is 3. The van der Waals surface area contributed by atoms with Gasteiger partial charge < -0.3 is 19.3 Å². The first kappa shape index (κ1) is 26.4. The van der Waals surface area contributed by atoms with E-state index in [1.807, 2.05) is 0 Å². The molecular weight excluding hydrogens is 493 g/mol. The Morgan fingerprint density at radius 1 is 0.946 bits per heavy atom. The van der Waals surface area contributed by atoms with Crippen molar-refractivity contribution in [1.29, 1.82) is 0 Å². The summed E-state index contributed by atoms with van der Waals surface area (Å²) in [5.41, 5.74) is 0.872. The van der Waals surface area contributed by atoms with Gasteiger partial charge in [0.1, 0.15) is 5.75 Å². The zero-order valence-corrected chi connectivity index (χ0v) is 19.9. The van der Waals surface area contributed by atoms with E-state index in [0.717, 1.165) is 0 Å². The van der Waals surface area contributed by atoms with Gasteiger partial charge in [-0.2, -0.15) is 0 Å². The molecule has 0 aliphatic carbocycles. The Bertz CT molecular complexity index is 1110. The van der Waals surface area contributed by atoms with Gasteiger partial charge in [-0.3, -0.25) is 9.59 Å². The molecule has 2 fully saturated rings. The maximum atomic E-state index is 13.3. The number of benzene rings is 2. The van der Waals surface area contributed by atoms with Gasteiger partial charge in [0.05, 0.1) is 19.1 Å². The summed E-state index contributed by atoms with van der Waals surface area (Å²) in [6.07, 6.45) is -4.57. The molecule has 2 atom stereocenters. The van der Waals surface area contributed by atoms with Crippen molar-refractivity contribution < 1.29 is 37.0 Å². The highest BCUT2D eigenvalue weighted by Crippen LogP contribution is 2.33. The lowest BCUT2D eigenvalue weighted by atomic mass is 9.84. The van der Waals surface area contributed by atoms with Crippen LogP contribution in [0.1, 0.15) is 28.3 Å². The SMILES string of the molecule is NN(C(=O)c1ccccc1)C(=O)C1CC(c2ccc(OC(F)(F)F)cc2)CN(C(=O)N2CCOCC2)C1. The Balaban J connectivity index is 1.55. The molecule has 0 bridgehead atoms. The number of nitrogens with zero attached hydrogens (tertiary/aromatic N) is 3. The summed E-state index contributed by atoms with van der Waals surface area (Å²) in [5.74, 6) is 3.06. The molecule has 9 nitrogen and oxygen atoms in total. The average Bonchev–Trinajstić information content (AvgIpc) is 2.91. The van der Waals surface area contributed by atoms with Crippen LogP contribution in [0.15, 0.2) is 54.6 Å². The van der Waals surface area contributed by atoms with Crippen molar-refractivity contribution in [1.82, 2.24) is 14.8 Å². The third-order valence-corrected chi connectivity index (χ3v) is 6.41.